The maximum Gasteiger partial charge on any atom is 0.344 e. The SMILES string of the molecule is CN1CCN(c2cc(F)c3c(c2)OC(C(=O)O)CC3)CC1. The van der Waals surface area contributed by atoms with Gasteiger partial charge in [0, 0.05) is 43.5 Å². The average molecular weight is 294 g/mol. The molecule has 0 bridgehead atoms. The summed E-state index contributed by atoms with van der Waals surface area (Å²) in [4.78, 5) is 15.4. The fourth-order valence-electron chi connectivity index (χ4n) is 2.85. The van der Waals surface area contributed by atoms with Gasteiger partial charge in [-0.15, -0.1) is 0 Å². The average Bonchev–Trinajstić information content (AvgIpc) is 2.47. The smallest absolute Gasteiger partial charge is 0.344 e. The van der Waals surface area contributed by atoms with E-state index in [2.05, 4.69) is 16.8 Å². The number of carboxylic acids is 1. The highest BCUT2D eigenvalue weighted by atomic mass is 19.1. The Balaban J connectivity index is 1.86. The van der Waals surface area contributed by atoms with Gasteiger partial charge in [0.25, 0.3) is 0 Å². The van der Waals surface area contributed by atoms with E-state index < -0.39 is 12.1 Å². The third-order valence-electron chi connectivity index (χ3n) is 4.21. The molecule has 5 nitrogen and oxygen atoms in total. The van der Waals surface area contributed by atoms with Crippen molar-refractivity contribution in [2.75, 3.05) is 38.1 Å². The molecule has 0 amide bonds. The Morgan fingerprint density at radius 1 is 1.33 bits per heavy atom. The number of carboxylic acid groups (broad SMARTS) is 1. The number of aliphatic carboxylic acids is 1. The van der Waals surface area contributed by atoms with Crippen molar-refractivity contribution in [1.29, 1.82) is 0 Å². The first-order chi connectivity index (χ1) is 10.0. The number of nitrogens with zero attached hydrogens (tertiary/aromatic N) is 2. The van der Waals surface area contributed by atoms with Crippen LogP contribution in [0.3, 0.4) is 0 Å². The number of fused-ring (bicyclic) bond motifs is 1. The predicted octanol–water partition coefficient (Wildman–Crippen LogP) is 1.36. The van der Waals surface area contributed by atoms with Crippen molar-refractivity contribution in [3.63, 3.8) is 0 Å². The van der Waals surface area contributed by atoms with Gasteiger partial charge in [0.2, 0.25) is 0 Å². The molecule has 1 atom stereocenters. The standard InChI is InChI=1S/C15H19FN2O3/c1-17-4-6-18(7-5-17)10-8-12(16)11-2-3-13(15(19)20)21-14(11)9-10/h8-9,13H,2-7H2,1H3,(H,19,20). The molecule has 2 aliphatic heterocycles. The third-order valence-corrected chi connectivity index (χ3v) is 4.21. The zero-order valence-corrected chi connectivity index (χ0v) is 12.0. The van der Waals surface area contributed by atoms with Crippen molar-refractivity contribution >= 4 is 11.7 Å². The quantitative estimate of drug-likeness (QED) is 0.892. The van der Waals surface area contributed by atoms with Crippen LogP contribution in [0.1, 0.15) is 12.0 Å². The van der Waals surface area contributed by atoms with Crippen LogP contribution >= 0.6 is 0 Å². The summed E-state index contributed by atoms with van der Waals surface area (Å²) < 4.78 is 19.7. The summed E-state index contributed by atoms with van der Waals surface area (Å²) in [5.41, 5.74) is 1.26. The lowest BCUT2D eigenvalue weighted by Crippen LogP contribution is -2.44. The lowest BCUT2D eigenvalue weighted by atomic mass is 10.0. The summed E-state index contributed by atoms with van der Waals surface area (Å²) >= 11 is 0. The number of likely N-dealkylation sites (N-methyl/N-ethyl adjacent to an activating group) is 1. The summed E-state index contributed by atoms with van der Waals surface area (Å²) in [5.74, 6) is -0.918. The highest BCUT2D eigenvalue weighted by molar-refractivity contribution is 5.73. The van der Waals surface area contributed by atoms with Gasteiger partial charge in [-0.25, -0.2) is 9.18 Å². The highest BCUT2D eigenvalue weighted by Crippen LogP contribution is 2.34. The van der Waals surface area contributed by atoms with Crippen molar-refractivity contribution in [1.82, 2.24) is 4.90 Å². The number of piperazine rings is 1. The molecule has 21 heavy (non-hydrogen) atoms. The molecule has 1 aromatic carbocycles. The summed E-state index contributed by atoms with van der Waals surface area (Å²) in [7, 11) is 2.06. The number of benzene rings is 1. The zero-order valence-electron chi connectivity index (χ0n) is 12.0. The van der Waals surface area contributed by atoms with E-state index in [0.29, 0.717) is 24.2 Å². The Morgan fingerprint density at radius 3 is 2.71 bits per heavy atom. The molecule has 0 aliphatic carbocycles. The lowest BCUT2D eigenvalue weighted by Gasteiger charge is -2.35. The molecule has 1 saturated heterocycles. The zero-order chi connectivity index (χ0) is 15.0. The molecule has 6 heteroatoms. The van der Waals surface area contributed by atoms with Gasteiger partial charge in [0.15, 0.2) is 6.10 Å². The second-order valence-corrected chi connectivity index (χ2v) is 5.68. The van der Waals surface area contributed by atoms with E-state index in [1.165, 1.54) is 6.07 Å². The van der Waals surface area contributed by atoms with E-state index in [1.54, 1.807) is 6.07 Å². The maximum absolute atomic E-state index is 14.2. The lowest BCUT2D eigenvalue weighted by molar-refractivity contribution is -0.145. The topological polar surface area (TPSA) is 53.0 Å². The summed E-state index contributed by atoms with van der Waals surface area (Å²) in [5, 5.41) is 9.05. The van der Waals surface area contributed by atoms with Gasteiger partial charge >= 0.3 is 5.97 Å². The van der Waals surface area contributed by atoms with Crippen molar-refractivity contribution < 1.29 is 19.0 Å². The number of hydrogen-bond donors (Lipinski definition) is 1. The Labute approximate surface area is 122 Å². The van der Waals surface area contributed by atoms with E-state index >= 15 is 0 Å². The van der Waals surface area contributed by atoms with Crippen molar-refractivity contribution in [3.8, 4) is 5.75 Å². The van der Waals surface area contributed by atoms with Gasteiger partial charge in [0.05, 0.1) is 0 Å². The van der Waals surface area contributed by atoms with Crippen LogP contribution in [0.4, 0.5) is 10.1 Å². The van der Waals surface area contributed by atoms with E-state index in [1.807, 2.05) is 0 Å². The minimum atomic E-state index is -0.994. The van der Waals surface area contributed by atoms with Crippen LogP contribution in [0.2, 0.25) is 0 Å². The number of hydrogen-bond acceptors (Lipinski definition) is 4. The van der Waals surface area contributed by atoms with Crippen LogP contribution in [-0.2, 0) is 11.2 Å². The van der Waals surface area contributed by atoms with Crippen molar-refractivity contribution in [2.45, 2.75) is 18.9 Å². The normalized spacial score (nSPS) is 22.6. The molecule has 2 heterocycles. The fraction of sp³-hybridized carbons (Fsp3) is 0.533. The van der Waals surface area contributed by atoms with Crippen LogP contribution in [0.5, 0.6) is 5.75 Å². The van der Waals surface area contributed by atoms with Crippen LogP contribution < -0.4 is 9.64 Å². The predicted molar refractivity (Wildman–Crippen MR) is 76.5 cm³/mol. The maximum atomic E-state index is 14.2. The Bertz CT molecular complexity index is 556. The number of carbonyl (C=O) groups is 1. The van der Waals surface area contributed by atoms with Crippen LogP contribution in [-0.4, -0.2) is 55.3 Å². The largest absolute Gasteiger partial charge is 0.479 e. The minimum absolute atomic E-state index is 0.301. The Kier molecular flexibility index (Phi) is 3.71. The van der Waals surface area contributed by atoms with Gasteiger partial charge < -0.3 is 19.6 Å². The van der Waals surface area contributed by atoms with Gasteiger partial charge in [0.1, 0.15) is 11.6 Å². The molecule has 1 fully saturated rings. The minimum Gasteiger partial charge on any atom is -0.479 e. The summed E-state index contributed by atoms with van der Waals surface area (Å²) in [6.07, 6.45) is -0.159. The number of halogens is 1. The molecule has 0 radical (unpaired) electrons. The van der Waals surface area contributed by atoms with Crippen LogP contribution in [0, 0.1) is 5.82 Å². The van der Waals surface area contributed by atoms with Gasteiger partial charge in [-0.1, -0.05) is 0 Å². The van der Waals surface area contributed by atoms with E-state index in [4.69, 9.17) is 9.84 Å². The van der Waals surface area contributed by atoms with Crippen molar-refractivity contribution in [3.05, 3.63) is 23.5 Å². The molecule has 1 N–H and O–H groups in total. The van der Waals surface area contributed by atoms with E-state index in [-0.39, 0.29) is 5.82 Å². The molecule has 0 saturated carbocycles. The molecule has 1 aromatic rings. The number of rotatable bonds is 2. The molecular formula is C15H19FN2O3. The highest BCUT2D eigenvalue weighted by Gasteiger charge is 2.28. The molecule has 2 aliphatic rings. The van der Waals surface area contributed by atoms with Gasteiger partial charge in [-0.05, 0) is 26.0 Å². The first-order valence-corrected chi connectivity index (χ1v) is 7.20. The molecule has 114 valence electrons. The molecular weight excluding hydrogens is 275 g/mol. The van der Waals surface area contributed by atoms with Gasteiger partial charge in [-0.3, -0.25) is 0 Å². The third kappa shape index (κ3) is 2.81. The molecule has 1 unspecified atom stereocenters. The first-order valence-electron chi connectivity index (χ1n) is 7.20. The number of anilines is 1. The van der Waals surface area contributed by atoms with Crippen LogP contribution in [0.25, 0.3) is 0 Å². The van der Waals surface area contributed by atoms with Gasteiger partial charge in [-0.2, -0.15) is 0 Å². The van der Waals surface area contributed by atoms with Crippen LogP contribution in [0.15, 0.2) is 12.1 Å². The molecule has 0 spiro atoms. The summed E-state index contributed by atoms with van der Waals surface area (Å²) in [6, 6.07) is 3.31. The fourth-order valence-corrected chi connectivity index (χ4v) is 2.85. The Morgan fingerprint density at radius 2 is 2.05 bits per heavy atom. The first kappa shape index (κ1) is 14.1. The molecule has 0 aromatic heterocycles. The monoisotopic (exact) mass is 294 g/mol. The number of ether oxygens (including phenoxy) is 1. The second kappa shape index (κ2) is 5.52. The van der Waals surface area contributed by atoms with E-state index in [0.717, 1.165) is 31.9 Å². The second-order valence-electron chi connectivity index (χ2n) is 5.68. The van der Waals surface area contributed by atoms with Crippen molar-refractivity contribution in [2.24, 2.45) is 0 Å². The molecule has 3 rings (SSSR count). The Hall–Kier alpha value is -1.82. The summed E-state index contributed by atoms with van der Waals surface area (Å²) in [6.45, 7) is 3.52. The van der Waals surface area contributed by atoms with E-state index in [9.17, 15) is 9.18 Å².